The predicted molar refractivity (Wildman–Crippen MR) is 66.9 cm³/mol. The molecule has 0 saturated carbocycles. The van der Waals surface area contributed by atoms with Gasteiger partial charge in [-0.15, -0.1) is 0 Å². The van der Waals surface area contributed by atoms with Crippen LogP contribution in [0.1, 0.15) is 12.5 Å². The van der Waals surface area contributed by atoms with Gasteiger partial charge in [-0.05, 0) is 25.1 Å². The Hall–Kier alpha value is -1.75. The second-order valence-electron chi connectivity index (χ2n) is 3.76. The molecule has 2 N–H and O–H groups in total. The van der Waals surface area contributed by atoms with Crippen LogP contribution in [0.5, 0.6) is 5.75 Å². The summed E-state index contributed by atoms with van der Waals surface area (Å²) in [5, 5.41) is 11.5. The molecular weight excluding hydrogens is 258 g/mol. The summed E-state index contributed by atoms with van der Waals surface area (Å²) in [4.78, 5) is 22.2. The van der Waals surface area contributed by atoms with Crippen molar-refractivity contribution in [2.24, 2.45) is 0 Å². The third kappa shape index (κ3) is 3.92. The summed E-state index contributed by atoms with van der Waals surface area (Å²) in [5.41, 5.74) is 0.611. The molecule has 0 heterocycles. The van der Waals surface area contributed by atoms with Crippen molar-refractivity contribution in [2.75, 3.05) is 7.11 Å². The average Bonchev–Trinajstić information content (AvgIpc) is 2.28. The Morgan fingerprint density at radius 1 is 1.50 bits per heavy atom. The molecule has 0 aliphatic rings. The summed E-state index contributed by atoms with van der Waals surface area (Å²) < 4.78 is 5.10. The fraction of sp³-hybridized carbons (Fsp3) is 0.333. The van der Waals surface area contributed by atoms with E-state index in [0.717, 1.165) is 0 Å². The number of nitrogens with one attached hydrogen (secondary N) is 1. The largest absolute Gasteiger partial charge is 0.496 e. The van der Waals surface area contributed by atoms with Gasteiger partial charge in [0.2, 0.25) is 5.91 Å². The first-order chi connectivity index (χ1) is 8.43. The quantitative estimate of drug-likeness (QED) is 0.851. The van der Waals surface area contributed by atoms with Crippen molar-refractivity contribution in [3.63, 3.8) is 0 Å². The Balaban J connectivity index is 2.75. The van der Waals surface area contributed by atoms with Gasteiger partial charge in [-0.2, -0.15) is 0 Å². The molecule has 6 heteroatoms. The third-order valence-electron chi connectivity index (χ3n) is 2.34. The van der Waals surface area contributed by atoms with Crippen molar-refractivity contribution in [1.82, 2.24) is 5.32 Å². The number of carboxylic acid groups (broad SMARTS) is 1. The van der Waals surface area contributed by atoms with Gasteiger partial charge >= 0.3 is 5.97 Å². The fourth-order valence-corrected chi connectivity index (χ4v) is 1.61. The van der Waals surface area contributed by atoms with E-state index in [9.17, 15) is 9.59 Å². The smallest absolute Gasteiger partial charge is 0.325 e. The van der Waals surface area contributed by atoms with Crippen molar-refractivity contribution in [1.29, 1.82) is 0 Å². The zero-order chi connectivity index (χ0) is 13.7. The monoisotopic (exact) mass is 271 g/mol. The molecule has 18 heavy (non-hydrogen) atoms. The van der Waals surface area contributed by atoms with E-state index in [4.69, 9.17) is 21.4 Å². The van der Waals surface area contributed by atoms with Crippen LogP contribution in [0, 0.1) is 0 Å². The van der Waals surface area contributed by atoms with Crippen LogP contribution < -0.4 is 10.1 Å². The molecule has 0 aliphatic heterocycles. The number of aliphatic carboxylic acids is 1. The molecule has 98 valence electrons. The van der Waals surface area contributed by atoms with Gasteiger partial charge in [0.15, 0.2) is 0 Å². The van der Waals surface area contributed by atoms with Crippen molar-refractivity contribution in [2.45, 2.75) is 19.4 Å². The SMILES string of the molecule is COc1ccc(Cl)cc1CC(=O)N[C@H](C)C(=O)O. The van der Waals surface area contributed by atoms with Crippen LogP contribution in [-0.2, 0) is 16.0 Å². The Kier molecular flexibility index (Phi) is 4.97. The van der Waals surface area contributed by atoms with E-state index in [2.05, 4.69) is 5.32 Å². The van der Waals surface area contributed by atoms with Crippen LogP contribution in [0.4, 0.5) is 0 Å². The van der Waals surface area contributed by atoms with Crippen LogP contribution in [0.15, 0.2) is 18.2 Å². The highest BCUT2D eigenvalue weighted by Crippen LogP contribution is 2.22. The molecule has 1 aromatic carbocycles. The molecule has 1 amide bonds. The number of benzene rings is 1. The number of carbonyl (C=O) groups is 2. The molecular formula is C12H14ClNO4. The van der Waals surface area contributed by atoms with Crippen LogP contribution in [0.2, 0.25) is 5.02 Å². The highest BCUT2D eigenvalue weighted by molar-refractivity contribution is 6.30. The molecule has 1 aromatic rings. The standard InChI is InChI=1S/C12H14ClNO4/c1-7(12(16)17)14-11(15)6-8-5-9(13)3-4-10(8)18-2/h3-5,7H,6H2,1-2H3,(H,14,15)(H,16,17)/t7-/m1/s1. The molecule has 0 radical (unpaired) electrons. The van der Waals surface area contributed by atoms with E-state index in [-0.39, 0.29) is 6.42 Å². The fourth-order valence-electron chi connectivity index (χ4n) is 1.41. The molecule has 0 unspecified atom stereocenters. The topological polar surface area (TPSA) is 75.6 Å². The number of methoxy groups -OCH3 is 1. The lowest BCUT2D eigenvalue weighted by Gasteiger charge is -2.11. The van der Waals surface area contributed by atoms with Crippen LogP contribution >= 0.6 is 11.6 Å². The highest BCUT2D eigenvalue weighted by Gasteiger charge is 2.15. The van der Waals surface area contributed by atoms with Crippen molar-refractivity contribution >= 4 is 23.5 Å². The van der Waals surface area contributed by atoms with E-state index < -0.39 is 17.9 Å². The predicted octanol–water partition coefficient (Wildman–Crippen LogP) is 1.48. The lowest BCUT2D eigenvalue weighted by atomic mass is 10.1. The minimum absolute atomic E-state index is 0.0152. The number of amides is 1. The van der Waals surface area contributed by atoms with Gasteiger partial charge in [-0.25, -0.2) is 0 Å². The van der Waals surface area contributed by atoms with Crippen molar-refractivity contribution in [3.8, 4) is 5.75 Å². The summed E-state index contributed by atoms with van der Waals surface area (Å²) in [6.07, 6.45) is 0.0152. The highest BCUT2D eigenvalue weighted by atomic mass is 35.5. The number of carboxylic acids is 1. The summed E-state index contributed by atoms with van der Waals surface area (Å²) in [7, 11) is 1.49. The van der Waals surface area contributed by atoms with E-state index >= 15 is 0 Å². The zero-order valence-electron chi connectivity index (χ0n) is 10.1. The number of ether oxygens (including phenoxy) is 1. The van der Waals surface area contributed by atoms with Gasteiger partial charge in [-0.3, -0.25) is 9.59 Å². The molecule has 0 spiro atoms. The molecule has 0 fully saturated rings. The number of hydrogen-bond donors (Lipinski definition) is 2. The molecule has 0 saturated heterocycles. The Bertz CT molecular complexity index is 461. The van der Waals surface area contributed by atoms with E-state index in [1.54, 1.807) is 18.2 Å². The van der Waals surface area contributed by atoms with Gasteiger partial charge in [0.05, 0.1) is 13.5 Å². The maximum Gasteiger partial charge on any atom is 0.325 e. The van der Waals surface area contributed by atoms with Crippen LogP contribution in [0.3, 0.4) is 0 Å². The molecule has 1 rings (SSSR count). The second-order valence-corrected chi connectivity index (χ2v) is 4.20. The van der Waals surface area contributed by atoms with Crippen LogP contribution in [0.25, 0.3) is 0 Å². The Labute approximate surface area is 110 Å². The van der Waals surface area contributed by atoms with Gasteiger partial charge in [-0.1, -0.05) is 11.6 Å². The summed E-state index contributed by atoms with van der Waals surface area (Å²) in [6, 6.07) is 4.00. The first-order valence-electron chi connectivity index (χ1n) is 5.28. The van der Waals surface area contributed by atoms with Gasteiger partial charge in [0.25, 0.3) is 0 Å². The minimum Gasteiger partial charge on any atom is -0.496 e. The minimum atomic E-state index is -1.08. The summed E-state index contributed by atoms with van der Waals surface area (Å²) in [6.45, 7) is 1.40. The van der Waals surface area contributed by atoms with E-state index in [0.29, 0.717) is 16.3 Å². The lowest BCUT2D eigenvalue weighted by molar-refractivity contribution is -0.141. The maximum absolute atomic E-state index is 11.6. The Morgan fingerprint density at radius 3 is 2.72 bits per heavy atom. The maximum atomic E-state index is 11.6. The third-order valence-corrected chi connectivity index (χ3v) is 2.58. The number of hydrogen-bond acceptors (Lipinski definition) is 3. The second kappa shape index (κ2) is 6.26. The van der Waals surface area contributed by atoms with Gasteiger partial charge < -0.3 is 15.2 Å². The van der Waals surface area contributed by atoms with Crippen molar-refractivity contribution < 1.29 is 19.4 Å². The normalized spacial score (nSPS) is 11.7. The van der Waals surface area contributed by atoms with Gasteiger partial charge in [0.1, 0.15) is 11.8 Å². The van der Waals surface area contributed by atoms with E-state index in [1.807, 2.05) is 0 Å². The molecule has 5 nitrogen and oxygen atoms in total. The number of halogens is 1. The van der Waals surface area contributed by atoms with Crippen LogP contribution in [-0.4, -0.2) is 30.1 Å². The van der Waals surface area contributed by atoms with E-state index in [1.165, 1.54) is 14.0 Å². The summed E-state index contributed by atoms with van der Waals surface area (Å²) >= 11 is 5.83. The Morgan fingerprint density at radius 2 is 2.17 bits per heavy atom. The number of carbonyl (C=O) groups excluding carboxylic acids is 1. The molecule has 0 aromatic heterocycles. The molecule has 0 bridgehead atoms. The number of rotatable bonds is 5. The summed E-state index contributed by atoms with van der Waals surface area (Å²) in [5.74, 6) is -0.940. The zero-order valence-corrected chi connectivity index (χ0v) is 10.8. The first kappa shape index (κ1) is 14.3. The van der Waals surface area contributed by atoms with Gasteiger partial charge in [0, 0.05) is 10.6 Å². The van der Waals surface area contributed by atoms with Crippen molar-refractivity contribution in [3.05, 3.63) is 28.8 Å². The average molecular weight is 272 g/mol. The molecule has 0 aliphatic carbocycles. The lowest BCUT2D eigenvalue weighted by Crippen LogP contribution is -2.39. The first-order valence-corrected chi connectivity index (χ1v) is 5.66. The molecule has 1 atom stereocenters.